The van der Waals surface area contributed by atoms with E-state index in [0.717, 1.165) is 16.9 Å². The number of rotatable bonds is 7. The fourth-order valence-corrected chi connectivity index (χ4v) is 7.18. The van der Waals surface area contributed by atoms with Crippen molar-refractivity contribution in [2.24, 2.45) is 5.92 Å². The van der Waals surface area contributed by atoms with Gasteiger partial charge in [0.1, 0.15) is 5.00 Å². The lowest BCUT2D eigenvalue weighted by atomic mass is 9.96. The Morgan fingerprint density at radius 3 is 2.27 bits per heavy atom. The van der Waals surface area contributed by atoms with Crippen LogP contribution in [0.2, 0.25) is 0 Å². The van der Waals surface area contributed by atoms with Crippen molar-refractivity contribution in [1.29, 1.82) is 0 Å². The normalized spacial score (nSPS) is 17.5. The SMILES string of the molecule is CCOC(=O)c1c(NC(=O)CC(C)C)sc2c1C[C@H](c1ccccc1)S[C@@H]2c1ccccc1. The summed E-state index contributed by atoms with van der Waals surface area (Å²) in [7, 11) is 0. The minimum absolute atomic E-state index is 0.0716. The van der Waals surface area contributed by atoms with E-state index in [1.54, 1.807) is 0 Å². The fourth-order valence-electron chi connectivity index (χ4n) is 4.13. The minimum atomic E-state index is -0.361. The van der Waals surface area contributed by atoms with Crippen LogP contribution in [0, 0.1) is 5.92 Å². The molecule has 2 heterocycles. The molecular formula is C27H29NO3S2. The number of carbonyl (C=O) groups excluding carboxylic acids is 2. The van der Waals surface area contributed by atoms with Gasteiger partial charge in [0.05, 0.1) is 17.4 Å². The standard InChI is InChI=1S/C27H29NO3S2/c1-4-31-27(30)23-20-16-21(18-11-7-5-8-12-18)32-24(19-13-9-6-10-14-19)25(20)33-26(23)28-22(29)15-17(2)3/h5-14,17,21,24H,4,15-16H2,1-3H3,(H,28,29)/t21-,24-/m1/s1. The highest BCUT2D eigenvalue weighted by atomic mass is 32.2. The monoisotopic (exact) mass is 479 g/mol. The van der Waals surface area contributed by atoms with E-state index in [1.807, 2.05) is 56.8 Å². The quantitative estimate of drug-likeness (QED) is 0.370. The summed E-state index contributed by atoms with van der Waals surface area (Å²) in [6.07, 6.45) is 1.13. The summed E-state index contributed by atoms with van der Waals surface area (Å²) in [5.74, 6) is -0.196. The zero-order valence-corrected chi connectivity index (χ0v) is 20.8. The van der Waals surface area contributed by atoms with Crippen LogP contribution < -0.4 is 5.32 Å². The van der Waals surface area contributed by atoms with Crippen LogP contribution in [0.5, 0.6) is 0 Å². The third-order valence-corrected chi connectivity index (χ3v) is 8.48. The molecule has 0 saturated carbocycles. The highest BCUT2D eigenvalue weighted by Crippen LogP contribution is 2.56. The van der Waals surface area contributed by atoms with Gasteiger partial charge in [-0.1, -0.05) is 74.5 Å². The van der Waals surface area contributed by atoms with Gasteiger partial charge in [0, 0.05) is 16.5 Å². The summed E-state index contributed by atoms with van der Waals surface area (Å²) in [5.41, 5.74) is 3.96. The molecule has 1 aliphatic rings. The van der Waals surface area contributed by atoms with Crippen molar-refractivity contribution in [3.63, 3.8) is 0 Å². The van der Waals surface area contributed by atoms with Crippen molar-refractivity contribution >= 4 is 40.0 Å². The lowest BCUT2D eigenvalue weighted by molar-refractivity contribution is -0.116. The van der Waals surface area contributed by atoms with E-state index in [-0.39, 0.29) is 28.3 Å². The predicted octanol–water partition coefficient (Wildman–Crippen LogP) is 7.03. The van der Waals surface area contributed by atoms with Gasteiger partial charge in [-0.15, -0.1) is 23.1 Å². The Labute approximate surface area is 203 Å². The molecule has 0 aliphatic carbocycles. The average molecular weight is 480 g/mol. The number of carbonyl (C=O) groups is 2. The molecule has 0 unspecified atom stereocenters. The molecule has 1 aliphatic heterocycles. The maximum Gasteiger partial charge on any atom is 0.341 e. The van der Waals surface area contributed by atoms with Crippen molar-refractivity contribution in [1.82, 2.24) is 0 Å². The number of hydrogen-bond donors (Lipinski definition) is 1. The molecular weight excluding hydrogens is 450 g/mol. The van der Waals surface area contributed by atoms with E-state index in [1.165, 1.54) is 22.5 Å². The van der Waals surface area contributed by atoms with Crippen molar-refractivity contribution in [3.05, 3.63) is 87.8 Å². The molecule has 0 radical (unpaired) electrons. The molecule has 2 aromatic carbocycles. The largest absolute Gasteiger partial charge is 0.462 e. The summed E-state index contributed by atoms with van der Waals surface area (Å²) in [4.78, 5) is 26.9. The zero-order chi connectivity index (χ0) is 23.4. The van der Waals surface area contributed by atoms with E-state index in [4.69, 9.17) is 4.74 Å². The van der Waals surface area contributed by atoms with Crippen LogP contribution in [0.25, 0.3) is 0 Å². The lowest BCUT2D eigenvalue weighted by Crippen LogP contribution is -2.18. The molecule has 0 fully saturated rings. The minimum Gasteiger partial charge on any atom is -0.462 e. The van der Waals surface area contributed by atoms with Crippen LogP contribution >= 0.6 is 23.1 Å². The first-order valence-corrected chi connectivity index (χ1v) is 13.1. The third kappa shape index (κ3) is 5.33. The number of benzene rings is 2. The molecule has 33 heavy (non-hydrogen) atoms. The van der Waals surface area contributed by atoms with Gasteiger partial charge >= 0.3 is 5.97 Å². The summed E-state index contributed by atoms with van der Waals surface area (Å²) in [6.45, 7) is 6.13. The Balaban J connectivity index is 1.82. The number of thiophene rings is 1. The second kappa shape index (κ2) is 10.6. The van der Waals surface area contributed by atoms with E-state index in [0.29, 0.717) is 23.6 Å². The van der Waals surface area contributed by atoms with Crippen LogP contribution in [-0.4, -0.2) is 18.5 Å². The number of amides is 1. The lowest BCUT2D eigenvalue weighted by Gasteiger charge is -2.30. The number of esters is 1. The topological polar surface area (TPSA) is 55.4 Å². The Morgan fingerprint density at radius 1 is 1.03 bits per heavy atom. The van der Waals surface area contributed by atoms with Crippen LogP contribution in [-0.2, 0) is 16.0 Å². The van der Waals surface area contributed by atoms with Gasteiger partial charge < -0.3 is 10.1 Å². The first-order chi connectivity index (χ1) is 16.0. The molecule has 1 aromatic heterocycles. The van der Waals surface area contributed by atoms with Gasteiger partial charge in [-0.3, -0.25) is 4.79 Å². The van der Waals surface area contributed by atoms with E-state index >= 15 is 0 Å². The molecule has 3 aromatic rings. The van der Waals surface area contributed by atoms with Crippen LogP contribution in [0.15, 0.2) is 60.7 Å². The van der Waals surface area contributed by atoms with E-state index in [2.05, 4.69) is 41.7 Å². The maximum atomic E-state index is 13.1. The number of hydrogen-bond acceptors (Lipinski definition) is 5. The molecule has 4 nitrogen and oxygen atoms in total. The fraction of sp³-hybridized carbons (Fsp3) is 0.333. The van der Waals surface area contributed by atoms with Crippen LogP contribution in [0.1, 0.15) is 69.6 Å². The van der Waals surface area contributed by atoms with Gasteiger partial charge in [-0.05, 0) is 36.0 Å². The van der Waals surface area contributed by atoms with Gasteiger partial charge in [0.2, 0.25) is 5.91 Å². The summed E-state index contributed by atoms with van der Waals surface area (Å²) >= 11 is 3.42. The molecule has 0 bridgehead atoms. The number of thioether (sulfide) groups is 1. The zero-order valence-electron chi connectivity index (χ0n) is 19.2. The molecule has 2 atom stereocenters. The van der Waals surface area contributed by atoms with Crippen molar-refractivity contribution in [2.75, 3.05) is 11.9 Å². The first-order valence-electron chi connectivity index (χ1n) is 11.4. The van der Waals surface area contributed by atoms with Crippen molar-refractivity contribution in [3.8, 4) is 0 Å². The maximum absolute atomic E-state index is 13.1. The van der Waals surface area contributed by atoms with Gasteiger partial charge in [0.15, 0.2) is 0 Å². The Hall–Kier alpha value is -2.57. The molecule has 172 valence electrons. The Kier molecular flexibility index (Phi) is 7.56. The van der Waals surface area contributed by atoms with E-state index in [9.17, 15) is 9.59 Å². The molecule has 1 amide bonds. The molecule has 0 saturated heterocycles. The molecule has 0 spiro atoms. The number of anilines is 1. The van der Waals surface area contributed by atoms with Crippen molar-refractivity contribution < 1.29 is 14.3 Å². The Morgan fingerprint density at radius 2 is 1.67 bits per heavy atom. The Bertz CT molecular complexity index is 1110. The number of nitrogens with one attached hydrogen (secondary N) is 1. The van der Waals surface area contributed by atoms with Crippen molar-refractivity contribution in [2.45, 2.75) is 44.1 Å². The average Bonchev–Trinajstić information content (AvgIpc) is 3.16. The van der Waals surface area contributed by atoms with Gasteiger partial charge in [0.25, 0.3) is 0 Å². The van der Waals surface area contributed by atoms with Crippen LogP contribution in [0.3, 0.4) is 0 Å². The summed E-state index contributed by atoms with van der Waals surface area (Å²) in [6, 6.07) is 20.8. The molecule has 6 heteroatoms. The first kappa shape index (κ1) is 23.6. The summed E-state index contributed by atoms with van der Waals surface area (Å²) in [5, 5.41) is 3.92. The second-order valence-electron chi connectivity index (χ2n) is 8.55. The number of ether oxygens (including phenoxy) is 1. The highest BCUT2D eigenvalue weighted by Gasteiger charge is 2.37. The van der Waals surface area contributed by atoms with Crippen LogP contribution in [0.4, 0.5) is 5.00 Å². The number of fused-ring (bicyclic) bond motifs is 1. The van der Waals surface area contributed by atoms with Gasteiger partial charge in [-0.2, -0.15) is 0 Å². The molecule has 4 rings (SSSR count). The van der Waals surface area contributed by atoms with E-state index < -0.39 is 0 Å². The van der Waals surface area contributed by atoms with Gasteiger partial charge in [-0.25, -0.2) is 4.79 Å². The molecule has 1 N–H and O–H groups in total. The smallest absolute Gasteiger partial charge is 0.341 e. The third-order valence-electron chi connectivity index (χ3n) is 5.57. The summed E-state index contributed by atoms with van der Waals surface area (Å²) < 4.78 is 5.45. The predicted molar refractivity (Wildman–Crippen MR) is 137 cm³/mol. The second-order valence-corrected chi connectivity index (χ2v) is 10.9. The highest BCUT2D eigenvalue weighted by molar-refractivity contribution is 8.00.